The fraction of sp³-hybridized carbons (Fsp3) is 0. The Kier molecular flexibility index (Phi) is 2.32. The molecule has 3 N–H and O–H groups in total. The van der Waals surface area contributed by atoms with Gasteiger partial charge in [-0.1, -0.05) is 0 Å². The van der Waals surface area contributed by atoms with Crippen LogP contribution in [0, 0.1) is 0 Å². The largest absolute Gasteiger partial charge is 0.399 e. The monoisotopic (exact) mass is 151 g/mol. The first-order valence-electron chi connectivity index (χ1n) is 2.97. The van der Waals surface area contributed by atoms with Gasteiger partial charge in [-0.15, -0.1) is 0 Å². The summed E-state index contributed by atoms with van der Waals surface area (Å²) in [5.41, 5.74) is 7.99. The lowest BCUT2D eigenvalue weighted by atomic mass is 10.3. The molecule has 11 heavy (non-hydrogen) atoms. The molecular weight excluding hydrogens is 144 g/mol. The van der Waals surface area contributed by atoms with Crippen LogP contribution in [0.3, 0.4) is 0 Å². The van der Waals surface area contributed by atoms with E-state index < -0.39 is 0 Å². The van der Waals surface area contributed by atoms with Crippen molar-refractivity contribution in [1.82, 2.24) is 5.48 Å². The predicted octanol–water partition coefficient (Wildman–Crippen LogP) is 0.219. The molecule has 1 radical (unpaired) electrons. The third kappa shape index (κ3) is 2.17. The van der Waals surface area contributed by atoms with Gasteiger partial charge in [-0.25, -0.2) is 0 Å². The number of rotatable bonds is 3. The Balaban J connectivity index is 2.58. The zero-order valence-electron chi connectivity index (χ0n) is 5.70. The summed E-state index contributed by atoms with van der Waals surface area (Å²) in [6.07, 6.45) is 1.38. The third-order valence-electron chi connectivity index (χ3n) is 1.09. The van der Waals surface area contributed by atoms with E-state index in [0.29, 0.717) is 11.4 Å². The van der Waals surface area contributed by atoms with Gasteiger partial charge in [-0.2, -0.15) is 5.48 Å². The number of amides is 1. The Bertz CT molecular complexity index is 233. The van der Waals surface area contributed by atoms with Crippen LogP contribution >= 0.6 is 0 Å². The van der Waals surface area contributed by atoms with E-state index >= 15 is 0 Å². The molecule has 0 heterocycles. The third-order valence-corrected chi connectivity index (χ3v) is 1.09. The minimum absolute atomic E-state index is 0.516. The summed E-state index contributed by atoms with van der Waals surface area (Å²) in [4.78, 5) is 14.3. The SMILES string of the molecule is Nc1ccc(ON[C]=O)cc1. The van der Waals surface area contributed by atoms with E-state index in [1.807, 2.05) is 5.48 Å². The fourth-order valence-electron chi connectivity index (χ4n) is 0.616. The Morgan fingerprint density at radius 2 is 2.00 bits per heavy atom. The fourth-order valence-corrected chi connectivity index (χ4v) is 0.616. The number of hydroxylamine groups is 1. The summed E-state index contributed by atoms with van der Waals surface area (Å²) in [5.74, 6) is 0.516. The molecule has 0 aliphatic heterocycles. The van der Waals surface area contributed by atoms with Crippen molar-refractivity contribution in [3.05, 3.63) is 24.3 Å². The topological polar surface area (TPSA) is 64.3 Å². The number of hydrogen-bond acceptors (Lipinski definition) is 3. The molecule has 0 saturated carbocycles. The normalized spacial score (nSPS) is 8.73. The number of nitrogens with two attached hydrogens (primary N) is 1. The van der Waals surface area contributed by atoms with E-state index in [-0.39, 0.29) is 0 Å². The molecule has 0 atom stereocenters. The molecule has 0 bridgehead atoms. The second-order valence-electron chi connectivity index (χ2n) is 1.88. The first-order valence-corrected chi connectivity index (χ1v) is 2.97. The van der Waals surface area contributed by atoms with Crippen molar-refractivity contribution in [2.24, 2.45) is 0 Å². The standard InChI is InChI=1S/C7H7N2O2/c8-6-1-3-7(4-2-6)11-9-5-10/h1-4H,8H2,(H,9,10). The molecule has 0 unspecified atom stereocenters. The maximum Gasteiger partial charge on any atom is 0.344 e. The predicted molar refractivity (Wildman–Crippen MR) is 40.3 cm³/mol. The van der Waals surface area contributed by atoms with Crippen LogP contribution in [0.15, 0.2) is 24.3 Å². The van der Waals surface area contributed by atoms with Crippen molar-refractivity contribution in [2.75, 3.05) is 5.73 Å². The van der Waals surface area contributed by atoms with Gasteiger partial charge in [0.1, 0.15) is 0 Å². The Morgan fingerprint density at radius 3 is 2.55 bits per heavy atom. The summed E-state index contributed by atoms with van der Waals surface area (Å²) >= 11 is 0. The van der Waals surface area contributed by atoms with Crippen LogP contribution < -0.4 is 16.1 Å². The van der Waals surface area contributed by atoms with E-state index in [0.717, 1.165) is 0 Å². The summed E-state index contributed by atoms with van der Waals surface area (Å²) in [7, 11) is 0. The highest BCUT2D eigenvalue weighted by Gasteiger charge is 1.90. The highest BCUT2D eigenvalue weighted by molar-refractivity contribution is 5.46. The Morgan fingerprint density at radius 1 is 1.36 bits per heavy atom. The van der Waals surface area contributed by atoms with Gasteiger partial charge in [0.15, 0.2) is 5.75 Å². The number of nitrogen functional groups attached to an aromatic ring is 1. The molecule has 0 aliphatic carbocycles. The highest BCUT2D eigenvalue weighted by Crippen LogP contribution is 2.11. The molecule has 1 aromatic carbocycles. The molecule has 1 rings (SSSR count). The van der Waals surface area contributed by atoms with Gasteiger partial charge in [-0.3, -0.25) is 4.79 Å². The molecular formula is C7H7N2O2. The van der Waals surface area contributed by atoms with Crippen LogP contribution in [-0.2, 0) is 4.79 Å². The Hall–Kier alpha value is -1.71. The van der Waals surface area contributed by atoms with Gasteiger partial charge in [0.2, 0.25) is 0 Å². The quantitative estimate of drug-likeness (QED) is 0.369. The number of anilines is 1. The minimum atomic E-state index is 0.516. The van der Waals surface area contributed by atoms with Crippen molar-refractivity contribution < 1.29 is 9.63 Å². The van der Waals surface area contributed by atoms with Crippen molar-refractivity contribution in [2.45, 2.75) is 0 Å². The first-order chi connectivity index (χ1) is 5.33. The molecule has 1 amide bonds. The second-order valence-corrected chi connectivity index (χ2v) is 1.88. The van der Waals surface area contributed by atoms with Crippen LogP contribution in [0.4, 0.5) is 5.69 Å². The molecule has 0 saturated heterocycles. The van der Waals surface area contributed by atoms with E-state index in [1.54, 1.807) is 24.3 Å². The number of nitrogens with one attached hydrogen (secondary N) is 1. The summed E-state index contributed by atoms with van der Waals surface area (Å²) < 4.78 is 0. The van der Waals surface area contributed by atoms with Gasteiger partial charge >= 0.3 is 6.41 Å². The molecule has 4 nitrogen and oxygen atoms in total. The second kappa shape index (κ2) is 3.46. The average Bonchev–Trinajstić information content (AvgIpc) is 2.04. The van der Waals surface area contributed by atoms with Crippen LogP contribution in [0.1, 0.15) is 0 Å². The Labute approximate surface area is 63.9 Å². The average molecular weight is 151 g/mol. The number of carbonyl (C=O) groups excluding carboxylic acids is 1. The van der Waals surface area contributed by atoms with Crippen molar-refractivity contribution in [1.29, 1.82) is 0 Å². The molecule has 57 valence electrons. The summed E-state index contributed by atoms with van der Waals surface area (Å²) in [5, 5.41) is 0. The smallest absolute Gasteiger partial charge is 0.344 e. The zero-order valence-corrected chi connectivity index (χ0v) is 5.70. The van der Waals surface area contributed by atoms with Crippen LogP contribution in [0.25, 0.3) is 0 Å². The number of hydrogen-bond donors (Lipinski definition) is 2. The van der Waals surface area contributed by atoms with E-state index in [9.17, 15) is 4.79 Å². The lowest BCUT2D eigenvalue weighted by molar-refractivity contribution is 0.254. The molecule has 0 spiro atoms. The van der Waals surface area contributed by atoms with Crippen molar-refractivity contribution >= 4 is 12.1 Å². The molecule has 0 aromatic heterocycles. The molecule has 0 aliphatic rings. The van der Waals surface area contributed by atoms with Crippen LogP contribution in [-0.4, -0.2) is 6.41 Å². The van der Waals surface area contributed by atoms with Gasteiger partial charge in [-0.05, 0) is 24.3 Å². The van der Waals surface area contributed by atoms with Gasteiger partial charge < -0.3 is 10.6 Å². The maximum atomic E-state index is 9.66. The minimum Gasteiger partial charge on any atom is -0.399 e. The molecule has 1 aromatic rings. The summed E-state index contributed by atoms with van der Waals surface area (Å²) in [6.45, 7) is 0. The van der Waals surface area contributed by atoms with E-state index in [2.05, 4.69) is 4.84 Å². The van der Waals surface area contributed by atoms with Gasteiger partial charge in [0, 0.05) is 5.69 Å². The van der Waals surface area contributed by atoms with Crippen molar-refractivity contribution in [3.63, 3.8) is 0 Å². The van der Waals surface area contributed by atoms with Gasteiger partial charge in [0.25, 0.3) is 0 Å². The van der Waals surface area contributed by atoms with E-state index in [1.165, 1.54) is 6.41 Å². The first kappa shape index (κ1) is 7.40. The highest BCUT2D eigenvalue weighted by atomic mass is 16.6. The molecule has 0 fully saturated rings. The maximum absolute atomic E-state index is 9.66. The lowest BCUT2D eigenvalue weighted by Crippen LogP contribution is -2.15. The lowest BCUT2D eigenvalue weighted by Gasteiger charge is -2.00. The van der Waals surface area contributed by atoms with Crippen LogP contribution in [0.5, 0.6) is 5.75 Å². The molecule has 4 heteroatoms. The zero-order chi connectivity index (χ0) is 8.10. The van der Waals surface area contributed by atoms with E-state index in [4.69, 9.17) is 5.73 Å². The number of benzene rings is 1. The van der Waals surface area contributed by atoms with Crippen LogP contribution in [0.2, 0.25) is 0 Å². The summed E-state index contributed by atoms with van der Waals surface area (Å²) in [6, 6.07) is 6.61. The van der Waals surface area contributed by atoms with Gasteiger partial charge in [0.05, 0.1) is 0 Å². The van der Waals surface area contributed by atoms with Crippen molar-refractivity contribution in [3.8, 4) is 5.75 Å².